The van der Waals surface area contributed by atoms with Crippen molar-refractivity contribution in [2.24, 2.45) is 5.73 Å². The average Bonchev–Trinajstić information content (AvgIpc) is 3.10. The van der Waals surface area contributed by atoms with E-state index in [1.807, 2.05) is 31.2 Å². The Hall–Kier alpha value is -2.81. The van der Waals surface area contributed by atoms with Gasteiger partial charge in [-0.1, -0.05) is 24.3 Å². The quantitative estimate of drug-likeness (QED) is 0.488. The summed E-state index contributed by atoms with van der Waals surface area (Å²) in [6, 6.07) is 17.7. The van der Waals surface area contributed by atoms with Gasteiger partial charge in [0.1, 0.15) is 0 Å². The number of hydrogen-bond acceptors (Lipinski definition) is 3. The van der Waals surface area contributed by atoms with Gasteiger partial charge in [0.25, 0.3) is 0 Å². The second-order valence-corrected chi connectivity index (χ2v) is 7.50. The fourth-order valence-electron chi connectivity index (χ4n) is 3.36. The van der Waals surface area contributed by atoms with Gasteiger partial charge in [-0.2, -0.15) is 0 Å². The van der Waals surface area contributed by atoms with Crippen LogP contribution in [0.5, 0.6) is 0 Å². The lowest BCUT2D eigenvalue weighted by molar-refractivity contribution is -0.143. The van der Waals surface area contributed by atoms with Gasteiger partial charge < -0.3 is 15.0 Å². The minimum atomic E-state index is -0.453. The van der Waals surface area contributed by atoms with Crippen molar-refractivity contribution < 1.29 is 14.3 Å². The smallest absolute Gasteiger partial charge is 0.306 e. The largest absolute Gasteiger partial charge is 0.466 e. The minimum absolute atomic E-state index is 0.213. The van der Waals surface area contributed by atoms with Gasteiger partial charge in [0.15, 0.2) is 16.3 Å². The number of amides is 1. The van der Waals surface area contributed by atoms with E-state index in [0.717, 1.165) is 32.6 Å². The Morgan fingerprint density at radius 1 is 1.07 bits per heavy atom. The van der Waals surface area contributed by atoms with Crippen LogP contribution in [0, 0.1) is 6.92 Å². The first kappa shape index (κ1) is 20.9. The third kappa shape index (κ3) is 4.79. The summed E-state index contributed by atoms with van der Waals surface area (Å²) in [6.07, 6.45) is 0.859. The fraction of sp³-hybridized carbons (Fsp3) is 0.217. The standard InChI is InChI=1S/C23H23N2O3.Al/c1-3-28-22(26)14-11-19-10-13-21(17-7-5-4-6-8-17)25(19)20-12-9-18(23(24)27)15-16(20)2;/h5-10,12-13,15H,3,11,14H2,1-2H3,(H2,24,27);. The van der Waals surface area contributed by atoms with E-state index < -0.39 is 5.91 Å². The molecule has 5 nitrogen and oxygen atoms in total. The van der Waals surface area contributed by atoms with Crippen molar-refractivity contribution >= 4 is 32.6 Å². The number of carbonyl (C=O) groups is 2. The van der Waals surface area contributed by atoms with Crippen LogP contribution >= 0.6 is 0 Å². The molecule has 3 rings (SSSR count). The van der Waals surface area contributed by atoms with Gasteiger partial charge in [-0.3, -0.25) is 9.59 Å². The molecular formula is C23H23AlN2O3. The highest BCUT2D eigenvalue weighted by atomic mass is 27.0. The van der Waals surface area contributed by atoms with Crippen LogP contribution in [0.25, 0.3) is 16.9 Å². The molecule has 0 bridgehead atoms. The lowest BCUT2D eigenvalue weighted by atomic mass is 10.1. The van der Waals surface area contributed by atoms with Crippen LogP contribution in [0.3, 0.4) is 0 Å². The number of aromatic nitrogens is 1. The minimum Gasteiger partial charge on any atom is -0.466 e. The number of nitrogens with two attached hydrogens (primary N) is 1. The molecule has 146 valence electrons. The van der Waals surface area contributed by atoms with Crippen molar-refractivity contribution in [1.82, 2.24) is 4.57 Å². The van der Waals surface area contributed by atoms with Crippen molar-refractivity contribution in [2.45, 2.75) is 26.7 Å². The summed E-state index contributed by atoms with van der Waals surface area (Å²) in [4.78, 5) is 23.4. The molecule has 0 aliphatic carbocycles. The first-order valence-corrected chi connectivity index (χ1v) is 10.1. The predicted octanol–water partition coefficient (Wildman–Crippen LogP) is 2.84. The van der Waals surface area contributed by atoms with E-state index >= 15 is 0 Å². The van der Waals surface area contributed by atoms with Crippen molar-refractivity contribution in [3.8, 4) is 16.9 Å². The van der Waals surface area contributed by atoms with Gasteiger partial charge in [0, 0.05) is 16.9 Å². The maximum atomic E-state index is 11.9. The van der Waals surface area contributed by atoms with E-state index in [1.54, 1.807) is 19.1 Å². The zero-order valence-corrected chi connectivity index (χ0v) is 17.8. The number of nitrogens with zero attached hydrogens (tertiary/aromatic N) is 1. The number of esters is 1. The van der Waals surface area contributed by atoms with Crippen molar-refractivity contribution in [3.63, 3.8) is 0 Å². The molecule has 0 fully saturated rings. The molecule has 0 aliphatic heterocycles. The third-order valence-corrected chi connectivity index (χ3v) is 5.17. The zero-order chi connectivity index (χ0) is 21.0. The molecule has 29 heavy (non-hydrogen) atoms. The number of carbonyl (C=O) groups excluding carboxylic acids is 2. The molecule has 0 atom stereocenters. The SMILES string of the molecule is CCOC(=O)CCc1ccc(-c2cc[c]([Al])cc2)n1-c1ccc(C(N)=O)cc1C. The highest BCUT2D eigenvalue weighted by Crippen LogP contribution is 2.29. The van der Waals surface area contributed by atoms with Crippen LogP contribution in [0.4, 0.5) is 0 Å². The van der Waals surface area contributed by atoms with E-state index in [9.17, 15) is 9.59 Å². The Morgan fingerprint density at radius 2 is 1.79 bits per heavy atom. The van der Waals surface area contributed by atoms with E-state index in [2.05, 4.69) is 39.1 Å². The van der Waals surface area contributed by atoms with E-state index in [4.69, 9.17) is 10.5 Å². The molecule has 0 saturated carbocycles. The van der Waals surface area contributed by atoms with Crippen LogP contribution in [0.2, 0.25) is 0 Å². The first-order valence-electron chi connectivity index (χ1n) is 9.53. The number of benzene rings is 2. The maximum Gasteiger partial charge on any atom is 0.306 e. The molecule has 0 saturated heterocycles. The summed E-state index contributed by atoms with van der Waals surface area (Å²) < 4.78 is 8.32. The third-order valence-electron chi connectivity index (χ3n) is 4.78. The number of aryl methyl sites for hydroxylation is 2. The van der Waals surface area contributed by atoms with E-state index in [0.29, 0.717) is 25.0 Å². The number of hydrogen-bond donors (Lipinski definition) is 1. The molecule has 1 heterocycles. The summed E-state index contributed by atoms with van der Waals surface area (Å²) in [5.41, 5.74) is 10.9. The van der Waals surface area contributed by atoms with Crippen molar-refractivity contribution in [1.29, 1.82) is 0 Å². The molecule has 2 N–H and O–H groups in total. The molecule has 0 unspecified atom stereocenters. The first-order chi connectivity index (χ1) is 13.9. The summed E-state index contributed by atoms with van der Waals surface area (Å²) >= 11 is 2.69. The van der Waals surface area contributed by atoms with Gasteiger partial charge in [0.05, 0.1) is 18.7 Å². The van der Waals surface area contributed by atoms with E-state index in [1.165, 1.54) is 0 Å². The lowest BCUT2D eigenvalue weighted by Gasteiger charge is -2.17. The molecule has 1 amide bonds. The van der Waals surface area contributed by atoms with Crippen LogP contribution in [0.15, 0.2) is 54.6 Å². The zero-order valence-electron chi connectivity index (χ0n) is 16.6. The molecule has 0 spiro atoms. The van der Waals surface area contributed by atoms with Crippen LogP contribution in [0.1, 0.15) is 35.0 Å². The predicted molar refractivity (Wildman–Crippen MR) is 115 cm³/mol. The van der Waals surface area contributed by atoms with Gasteiger partial charge >= 0.3 is 5.97 Å². The Kier molecular flexibility index (Phi) is 6.58. The second kappa shape index (κ2) is 9.13. The molecule has 0 aliphatic rings. The molecule has 6 heteroatoms. The number of primary amides is 1. The topological polar surface area (TPSA) is 74.3 Å². The Labute approximate surface area is 178 Å². The van der Waals surface area contributed by atoms with Crippen LogP contribution in [-0.4, -0.2) is 39.3 Å². The number of rotatable bonds is 7. The van der Waals surface area contributed by atoms with Crippen molar-refractivity contribution in [2.75, 3.05) is 6.61 Å². The van der Waals surface area contributed by atoms with Gasteiger partial charge in [-0.05, 0) is 61.7 Å². The monoisotopic (exact) mass is 402 g/mol. The highest BCUT2D eigenvalue weighted by molar-refractivity contribution is 6.32. The fourth-order valence-corrected chi connectivity index (χ4v) is 3.55. The van der Waals surface area contributed by atoms with Gasteiger partial charge in [-0.25, -0.2) is 0 Å². The molecule has 2 radical (unpaired) electrons. The van der Waals surface area contributed by atoms with Gasteiger partial charge in [0.2, 0.25) is 5.91 Å². The summed E-state index contributed by atoms with van der Waals surface area (Å²) in [5.74, 6) is -0.666. The van der Waals surface area contributed by atoms with E-state index in [-0.39, 0.29) is 5.97 Å². The molecular weight excluding hydrogens is 379 g/mol. The molecule has 1 aromatic heterocycles. The Bertz CT molecular complexity index is 1040. The molecule has 3 aromatic rings. The lowest BCUT2D eigenvalue weighted by Crippen LogP contribution is -2.13. The average molecular weight is 402 g/mol. The van der Waals surface area contributed by atoms with Crippen LogP contribution in [-0.2, 0) is 16.0 Å². The second-order valence-electron chi connectivity index (χ2n) is 6.84. The molecule has 2 aromatic carbocycles. The van der Waals surface area contributed by atoms with Crippen molar-refractivity contribution in [3.05, 3.63) is 71.4 Å². The Balaban J connectivity index is 2.08. The summed E-state index contributed by atoms with van der Waals surface area (Å²) in [7, 11) is 0. The Morgan fingerprint density at radius 3 is 2.41 bits per heavy atom. The van der Waals surface area contributed by atoms with Gasteiger partial charge in [-0.15, -0.1) is 4.43 Å². The van der Waals surface area contributed by atoms with Crippen LogP contribution < -0.4 is 10.2 Å². The normalized spacial score (nSPS) is 10.7. The highest BCUT2D eigenvalue weighted by Gasteiger charge is 2.16. The summed E-state index contributed by atoms with van der Waals surface area (Å²) in [6.45, 7) is 4.13. The summed E-state index contributed by atoms with van der Waals surface area (Å²) in [5, 5.41) is 0. The number of ether oxygens (including phenoxy) is 1. The maximum absolute atomic E-state index is 11.9.